The van der Waals surface area contributed by atoms with Gasteiger partial charge in [-0.05, 0) is 36.2 Å². The van der Waals surface area contributed by atoms with Crippen molar-refractivity contribution in [1.82, 2.24) is 5.43 Å². The number of hydrogen-bond acceptors (Lipinski definition) is 3. The van der Waals surface area contributed by atoms with Crippen LogP contribution in [0.25, 0.3) is 0 Å². The van der Waals surface area contributed by atoms with E-state index in [2.05, 4.69) is 10.5 Å². The molecule has 24 heavy (non-hydrogen) atoms. The lowest BCUT2D eigenvalue weighted by Gasteiger charge is -2.08. The SMILES string of the molecule is CC/C(=N\NC(=O)Cc1ccc(OC)cc1)c1ccc(Cl)cc1Cl. The Morgan fingerprint density at radius 2 is 1.88 bits per heavy atom. The first-order chi connectivity index (χ1) is 11.5. The number of benzene rings is 2. The summed E-state index contributed by atoms with van der Waals surface area (Å²) in [4.78, 5) is 12.1. The predicted octanol–water partition coefficient (Wildman–Crippen LogP) is 4.48. The molecule has 0 bridgehead atoms. The van der Waals surface area contributed by atoms with E-state index in [9.17, 15) is 4.79 Å². The van der Waals surface area contributed by atoms with Crippen molar-refractivity contribution in [1.29, 1.82) is 0 Å². The first kappa shape index (κ1) is 18.3. The van der Waals surface area contributed by atoms with Gasteiger partial charge in [0.2, 0.25) is 5.91 Å². The number of hydrazone groups is 1. The van der Waals surface area contributed by atoms with Gasteiger partial charge in [0.1, 0.15) is 5.75 Å². The van der Waals surface area contributed by atoms with Gasteiger partial charge in [-0.2, -0.15) is 5.10 Å². The summed E-state index contributed by atoms with van der Waals surface area (Å²) in [5.74, 6) is 0.555. The predicted molar refractivity (Wildman–Crippen MR) is 98.1 cm³/mol. The van der Waals surface area contributed by atoms with E-state index in [1.165, 1.54) is 0 Å². The third-order valence-corrected chi connectivity index (χ3v) is 3.96. The van der Waals surface area contributed by atoms with Gasteiger partial charge in [-0.3, -0.25) is 4.79 Å². The highest BCUT2D eigenvalue weighted by atomic mass is 35.5. The number of nitrogens with one attached hydrogen (secondary N) is 1. The topological polar surface area (TPSA) is 50.7 Å². The zero-order chi connectivity index (χ0) is 17.5. The van der Waals surface area contributed by atoms with Crippen molar-refractivity contribution in [2.24, 2.45) is 5.10 Å². The molecule has 0 aliphatic rings. The lowest BCUT2D eigenvalue weighted by atomic mass is 10.1. The summed E-state index contributed by atoms with van der Waals surface area (Å²) >= 11 is 12.1. The van der Waals surface area contributed by atoms with E-state index >= 15 is 0 Å². The minimum absolute atomic E-state index is 0.198. The summed E-state index contributed by atoms with van der Waals surface area (Å²) in [6.45, 7) is 1.94. The molecular formula is C18H18Cl2N2O2. The molecule has 0 heterocycles. The van der Waals surface area contributed by atoms with Crippen LogP contribution in [0.15, 0.2) is 47.6 Å². The first-order valence-corrected chi connectivity index (χ1v) is 8.22. The monoisotopic (exact) mass is 364 g/mol. The second-order valence-corrected chi connectivity index (χ2v) is 5.94. The van der Waals surface area contributed by atoms with Crippen molar-refractivity contribution in [2.75, 3.05) is 7.11 Å². The van der Waals surface area contributed by atoms with Crippen molar-refractivity contribution in [3.05, 3.63) is 63.6 Å². The average Bonchev–Trinajstić information content (AvgIpc) is 2.57. The van der Waals surface area contributed by atoms with Crippen LogP contribution in [0.1, 0.15) is 24.5 Å². The molecule has 0 atom stereocenters. The fourth-order valence-electron chi connectivity index (χ4n) is 2.15. The van der Waals surface area contributed by atoms with Gasteiger partial charge < -0.3 is 4.74 Å². The van der Waals surface area contributed by atoms with E-state index in [-0.39, 0.29) is 12.3 Å². The first-order valence-electron chi connectivity index (χ1n) is 7.47. The molecule has 0 spiro atoms. The van der Waals surface area contributed by atoms with Gasteiger partial charge in [-0.1, -0.05) is 48.3 Å². The number of halogens is 2. The van der Waals surface area contributed by atoms with E-state index < -0.39 is 0 Å². The summed E-state index contributed by atoms with van der Waals surface area (Å²) in [5, 5.41) is 5.26. The Balaban J connectivity index is 2.04. The van der Waals surface area contributed by atoms with Crippen LogP contribution >= 0.6 is 23.2 Å². The lowest BCUT2D eigenvalue weighted by molar-refractivity contribution is -0.120. The second kappa shape index (κ2) is 8.71. The van der Waals surface area contributed by atoms with Gasteiger partial charge in [0.15, 0.2) is 0 Å². The Morgan fingerprint density at radius 3 is 2.46 bits per heavy atom. The van der Waals surface area contributed by atoms with Crippen LogP contribution in [0.3, 0.4) is 0 Å². The molecule has 126 valence electrons. The molecule has 1 N–H and O–H groups in total. The van der Waals surface area contributed by atoms with Crippen LogP contribution < -0.4 is 10.2 Å². The summed E-state index contributed by atoms with van der Waals surface area (Å²) in [7, 11) is 1.60. The van der Waals surface area contributed by atoms with Crippen LogP contribution in [0.2, 0.25) is 10.0 Å². The molecule has 4 nitrogen and oxygen atoms in total. The normalized spacial score (nSPS) is 11.2. The number of hydrogen-bond donors (Lipinski definition) is 1. The Bertz CT molecular complexity index is 743. The van der Waals surface area contributed by atoms with Crippen molar-refractivity contribution in [3.63, 3.8) is 0 Å². The average molecular weight is 365 g/mol. The van der Waals surface area contributed by atoms with Crippen molar-refractivity contribution in [3.8, 4) is 5.75 Å². The van der Waals surface area contributed by atoms with Crippen LogP contribution in [0.5, 0.6) is 5.75 Å². The van der Waals surface area contributed by atoms with Crippen molar-refractivity contribution >= 4 is 34.8 Å². The number of ether oxygens (including phenoxy) is 1. The van der Waals surface area contributed by atoms with Gasteiger partial charge >= 0.3 is 0 Å². The highest BCUT2D eigenvalue weighted by Gasteiger charge is 2.09. The Kier molecular flexibility index (Phi) is 6.64. The minimum Gasteiger partial charge on any atom is -0.497 e. The fourth-order valence-corrected chi connectivity index (χ4v) is 2.67. The van der Waals surface area contributed by atoms with Gasteiger partial charge in [-0.15, -0.1) is 0 Å². The van der Waals surface area contributed by atoms with E-state index in [1.807, 2.05) is 31.2 Å². The number of carbonyl (C=O) groups excluding carboxylic acids is 1. The highest BCUT2D eigenvalue weighted by molar-refractivity contribution is 6.37. The Labute approximate surface area is 151 Å². The quantitative estimate of drug-likeness (QED) is 0.606. The van der Waals surface area contributed by atoms with Crippen LogP contribution in [-0.4, -0.2) is 18.7 Å². The zero-order valence-corrected chi connectivity index (χ0v) is 15.0. The molecule has 1 amide bonds. The Morgan fingerprint density at radius 1 is 1.17 bits per heavy atom. The number of carbonyl (C=O) groups is 1. The van der Waals surface area contributed by atoms with E-state index in [0.29, 0.717) is 22.2 Å². The van der Waals surface area contributed by atoms with Crippen molar-refractivity contribution in [2.45, 2.75) is 19.8 Å². The van der Waals surface area contributed by atoms with Crippen LogP contribution in [-0.2, 0) is 11.2 Å². The molecule has 2 rings (SSSR count). The summed E-state index contributed by atoms with van der Waals surface area (Å²) in [6.07, 6.45) is 0.864. The molecule has 0 aliphatic carbocycles. The number of rotatable bonds is 6. The smallest absolute Gasteiger partial charge is 0.244 e. The molecule has 0 unspecified atom stereocenters. The fraction of sp³-hybridized carbons (Fsp3) is 0.222. The molecule has 0 fully saturated rings. The summed E-state index contributed by atoms with van der Waals surface area (Å²) in [5.41, 5.74) is 4.91. The van der Waals surface area contributed by atoms with E-state index in [1.54, 1.807) is 25.3 Å². The second-order valence-electron chi connectivity index (χ2n) is 5.10. The maximum absolute atomic E-state index is 12.1. The van der Waals surface area contributed by atoms with Crippen molar-refractivity contribution < 1.29 is 9.53 Å². The summed E-state index contributed by atoms with van der Waals surface area (Å²) < 4.78 is 5.09. The number of nitrogens with zero attached hydrogens (tertiary/aromatic N) is 1. The molecule has 0 saturated carbocycles. The van der Waals surface area contributed by atoms with Crippen LogP contribution in [0, 0.1) is 0 Å². The number of amides is 1. The zero-order valence-electron chi connectivity index (χ0n) is 13.5. The minimum atomic E-state index is -0.198. The van der Waals surface area contributed by atoms with E-state index in [4.69, 9.17) is 27.9 Å². The molecule has 0 aromatic heterocycles. The summed E-state index contributed by atoms with van der Waals surface area (Å²) in [6, 6.07) is 12.5. The molecular weight excluding hydrogens is 347 g/mol. The van der Waals surface area contributed by atoms with Gasteiger partial charge in [0, 0.05) is 10.6 Å². The molecule has 0 radical (unpaired) electrons. The maximum atomic E-state index is 12.1. The largest absolute Gasteiger partial charge is 0.497 e. The lowest BCUT2D eigenvalue weighted by Crippen LogP contribution is -2.21. The third-order valence-electron chi connectivity index (χ3n) is 3.42. The highest BCUT2D eigenvalue weighted by Crippen LogP contribution is 2.22. The van der Waals surface area contributed by atoms with Gasteiger partial charge in [0.05, 0.1) is 24.3 Å². The molecule has 0 saturated heterocycles. The standard InChI is InChI=1S/C18H18Cl2N2O2/c1-3-17(15-9-6-13(19)11-16(15)20)21-22-18(23)10-12-4-7-14(24-2)8-5-12/h4-9,11H,3,10H2,1-2H3,(H,22,23)/b21-17+. The molecule has 2 aromatic carbocycles. The molecule has 2 aromatic rings. The third kappa shape index (κ3) is 4.98. The number of methoxy groups -OCH3 is 1. The Hall–Kier alpha value is -2.04. The molecule has 6 heteroatoms. The maximum Gasteiger partial charge on any atom is 0.244 e. The van der Waals surface area contributed by atoms with Gasteiger partial charge in [0.25, 0.3) is 0 Å². The van der Waals surface area contributed by atoms with E-state index in [0.717, 1.165) is 16.9 Å². The van der Waals surface area contributed by atoms with Crippen LogP contribution in [0.4, 0.5) is 0 Å². The molecule has 0 aliphatic heterocycles. The van der Waals surface area contributed by atoms with Gasteiger partial charge in [-0.25, -0.2) is 5.43 Å².